The zero-order chi connectivity index (χ0) is 17.4. The molecule has 25 heavy (non-hydrogen) atoms. The Morgan fingerprint density at radius 3 is 2.56 bits per heavy atom. The molecule has 2 aliphatic carbocycles. The van der Waals surface area contributed by atoms with Crippen molar-refractivity contribution < 1.29 is 18.7 Å². The molecular weight excluding hydrogens is 323 g/mol. The smallest absolute Gasteiger partial charge is 0.259 e. The van der Waals surface area contributed by atoms with Gasteiger partial charge in [0.2, 0.25) is 5.91 Å². The molecule has 1 spiro atoms. The third-order valence-electron chi connectivity index (χ3n) is 5.44. The second-order valence-electron chi connectivity index (χ2n) is 7.27. The maximum absolute atomic E-state index is 14.2. The molecule has 3 fully saturated rings. The summed E-state index contributed by atoms with van der Waals surface area (Å²) in [5.41, 5.74) is -0.773. The topological polar surface area (TPSA) is 58.6 Å². The molecule has 0 radical (unpaired) electrons. The summed E-state index contributed by atoms with van der Waals surface area (Å²) in [5.74, 6) is -1.20. The van der Waals surface area contributed by atoms with Gasteiger partial charge < -0.3 is 10.1 Å². The highest BCUT2D eigenvalue weighted by molar-refractivity contribution is 5.98. The zero-order valence-electron chi connectivity index (χ0n) is 14.2. The largest absolute Gasteiger partial charge is 0.353 e. The molecule has 3 aliphatic rings. The first-order valence-corrected chi connectivity index (χ1v) is 9.13. The van der Waals surface area contributed by atoms with Crippen LogP contribution < -0.4 is 5.32 Å². The van der Waals surface area contributed by atoms with Crippen molar-refractivity contribution in [3.8, 4) is 0 Å². The van der Waals surface area contributed by atoms with Crippen LogP contribution in [0.3, 0.4) is 0 Å². The van der Waals surface area contributed by atoms with Gasteiger partial charge in [-0.2, -0.15) is 0 Å². The van der Waals surface area contributed by atoms with E-state index < -0.39 is 23.5 Å². The summed E-state index contributed by atoms with van der Waals surface area (Å²) in [4.78, 5) is 27.4. The van der Waals surface area contributed by atoms with E-state index in [1.807, 2.05) is 0 Å². The predicted molar refractivity (Wildman–Crippen MR) is 89.3 cm³/mol. The van der Waals surface area contributed by atoms with Crippen LogP contribution in [0.2, 0.25) is 0 Å². The molecule has 1 saturated heterocycles. The minimum absolute atomic E-state index is 0.00201. The molecule has 1 atom stereocenters. The number of ether oxygens (including phenoxy) is 1. The van der Waals surface area contributed by atoms with Gasteiger partial charge in [0, 0.05) is 6.04 Å². The lowest BCUT2D eigenvalue weighted by molar-refractivity contribution is -0.127. The van der Waals surface area contributed by atoms with Gasteiger partial charge in [0.1, 0.15) is 17.6 Å². The van der Waals surface area contributed by atoms with Gasteiger partial charge >= 0.3 is 0 Å². The summed E-state index contributed by atoms with van der Waals surface area (Å²) in [6, 6.07) is 5.46. The molecule has 2 amide bonds. The van der Waals surface area contributed by atoms with Crippen molar-refractivity contribution in [2.45, 2.75) is 62.8 Å². The zero-order valence-corrected chi connectivity index (χ0v) is 14.2. The van der Waals surface area contributed by atoms with E-state index in [1.54, 1.807) is 12.1 Å². The molecule has 4 rings (SSSR count). The third-order valence-corrected chi connectivity index (χ3v) is 5.44. The Balaban J connectivity index is 1.66. The Morgan fingerprint density at radius 2 is 1.88 bits per heavy atom. The molecule has 1 N–H and O–H groups in total. The van der Waals surface area contributed by atoms with E-state index >= 15 is 0 Å². The highest BCUT2D eigenvalue weighted by Crippen LogP contribution is 2.41. The molecule has 0 bridgehead atoms. The second-order valence-corrected chi connectivity index (χ2v) is 7.27. The molecule has 1 aliphatic heterocycles. The standard InChI is InChI=1S/C19H23FN2O3/c20-15-7-3-2-6-14(15)18(24)22-16(17(23)21-13-8-9-13)12-25-19(22)10-4-1-5-11-19/h2-3,6-7,13,16H,1,4-5,8-12H2,(H,21,23)/t16-/m0/s1. The SMILES string of the molecule is O=C(NC1CC1)[C@@H]1COC2(CCCCC2)N1C(=O)c1ccccc1F. The quantitative estimate of drug-likeness (QED) is 0.915. The molecule has 2 saturated carbocycles. The van der Waals surface area contributed by atoms with Crippen molar-refractivity contribution in [3.05, 3.63) is 35.6 Å². The lowest BCUT2D eigenvalue weighted by Crippen LogP contribution is -2.56. The lowest BCUT2D eigenvalue weighted by atomic mass is 9.89. The Labute approximate surface area is 146 Å². The fraction of sp³-hybridized carbons (Fsp3) is 0.579. The van der Waals surface area contributed by atoms with E-state index in [1.165, 1.54) is 17.0 Å². The fourth-order valence-corrected chi connectivity index (χ4v) is 3.96. The van der Waals surface area contributed by atoms with E-state index in [-0.39, 0.29) is 24.1 Å². The molecule has 1 heterocycles. The van der Waals surface area contributed by atoms with Crippen molar-refractivity contribution in [1.82, 2.24) is 10.2 Å². The van der Waals surface area contributed by atoms with Crippen molar-refractivity contribution in [3.63, 3.8) is 0 Å². The number of hydrogen-bond donors (Lipinski definition) is 1. The molecule has 0 aromatic heterocycles. The Kier molecular flexibility index (Phi) is 4.23. The van der Waals surface area contributed by atoms with Crippen LogP contribution >= 0.6 is 0 Å². The Hall–Kier alpha value is -1.95. The number of nitrogens with one attached hydrogen (secondary N) is 1. The summed E-state index contributed by atoms with van der Waals surface area (Å²) >= 11 is 0. The number of rotatable bonds is 3. The maximum atomic E-state index is 14.2. The van der Waals surface area contributed by atoms with Crippen LogP contribution in [-0.4, -0.2) is 41.1 Å². The monoisotopic (exact) mass is 346 g/mol. The number of nitrogens with zero attached hydrogens (tertiary/aromatic N) is 1. The minimum atomic E-state index is -0.775. The average molecular weight is 346 g/mol. The highest BCUT2D eigenvalue weighted by atomic mass is 19.1. The Bertz CT molecular complexity index is 683. The first kappa shape index (κ1) is 16.5. The highest BCUT2D eigenvalue weighted by Gasteiger charge is 2.53. The summed E-state index contributed by atoms with van der Waals surface area (Å²) in [6.45, 7) is 0.179. The van der Waals surface area contributed by atoms with Gasteiger partial charge in [0.15, 0.2) is 0 Å². The summed E-state index contributed by atoms with van der Waals surface area (Å²) < 4.78 is 20.2. The van der Waals surface area contributed by atoms with Crippen molar-refractivity contribution in [2.24, 2.45) is 0 Å². The molecule has 6 heteroatoms. The van der Waals surface area contributed by atoms with Gasteiger partial charge in [-0.15, -0.1) is 0 Å². The van der Waals surface area contributed by atoms with Crippen molar-refractivity contribution in [1.29, 1.82) is 0 Å². The van der Waals surface area contributed by atoms with Crippen LogP contribution in [0.25, 0.3) is 0 Å². The summed E-state index contributed by atoms with van der Waals surface area (Å²) in [6.07, 6.45) is 6.32. The number of halogens is 1. The number of benzene rings is 1. The third kappa shape index (κ3) is 3.03. The van der Waals surface area contributed by atoms with E-state index in [0.717, 1.165) is 32.1 Å². The summed E-state index contributed by atoms with van der Waals surface area (Å²) in [7, 11) is 0. The van der Waals surface area contributed by atoms with Crippen LogP contribution in [0.4, 0.5) is 4.39 Å². The van der Waals surface area contributed by atoms with Gasteiger partial charge in [0.25, 0.3) is 5.91 Å². The molecule has 1 aromatic carbocycles. The van der Waals surface area contributed by atoms with Gasteiger partial charge in [-0.25, -0.2) is 4.39 Å². The van der Waals surface area contributed by atoms with Crippen molar-refractivity contribution >= 4 is 11.8 Å². The second kappa shape index (κ2) is 6.41. The minimum Gasteiger partial charge on any atom is -0.353 e. The number of carbonyl (C=O) groups excluding carboxylic acids is 2. The van der Waals surface area contributed by atoms with Gasteiger partial charge in [0.05, 0.1) is 12.2 Å². The van der Waals surface area contributed by atoms with Crippen LogP contribution in [-0.2, 0) is 9.53 Å². The van der Waals surface area contributed by atoms with Gasteiger partial charge in [-0.05, 0) is 50.7 Å². The van der Waals surface area contributed by atoms with Crippen LogP contribution in [0.15, 0.2) is 24.3 Å². The fourth-order valence-electron chi connectivity index (χ4n) is 3.96. The number of carbonyl (C=O) groups is 2. The van der Waals surface area contributed by atoms with E-state index in [4.69, 9.17) is 4.74 Å². The number of amides is 2. The van der Waals surface area contributed by atoms with E-state index in [0.29, 0.717) is 12.8 Å². The number of hydrogen-bond acceptors (Lipinski definition) is 3. The van der Waals surface area contributed by atoms with E-state index in [2.05, 4.69) is 5.32 Å². The summed E-state index contributed by atoms with van der Waals surface area (Å²) in [5, 5.41) is 2.96. The van der Waals surface area contributed by atoms with Crippen molar-refractivity contribution in [2.75, 3.05) is 6.61 Å². The molecule has 134 valence electrons. The molecular formula is C19H23FN2O3. The first-order valence-electron chi connectivity index (χ1n) is 9.13. The van der Waals surface area contributed by atoms with Crippen LogP contribution in [0.5, 0.6) is 0 Å². The Morgan fingerprint density at radius 1 is 1.16 bits per heavy atom. The lowest BCUT2D eigenvalue weighted by Gasteiger charge is -2.41. The predicted octanol–water partition coefficient (Wildman–Crippen LogP) is 2.61. The van der Waals surface area contributed by atoms with Gasteiger partial charge in [-0.3, -0.25) is 14.5 Å². The first-order chi connectivity index (χ1) is 12.1. The van der Waals surface area contributed by atoms with E-state index in [9.17, 15) is 14.0 Å². The molecule has 1 aromatic rings. The van der Waals surface area contributed by atoms with Crippen LogP contribution in [0, 0.1) is 5.82 Å². The molecule has 5 nitrogen and oxygen atoms in total. The normalized spacial score (nSPS) is 25.2. The maximum Gasteiger partial charge on any atom is 0.259 e. The van der Waals surface area contributed by atoms with Gasteiger partial charge in [-0.1, -0.05) is 18.6 Å². The van der Waals surface area contributed by atoms with Crippen LogP contribution in [0.1, 0.15) is 55.3 Å². The molecule has 0 unspecified atom stereocenters. The average Bonchev–Trinajstić information content (AvgIpc) is 3.36.